The van der Waals surface area contributed by atoms with Crippen LogP contribution in [0.4, 0.5) is 0 Å². The summed E-state index contributed by atoms with van der Waals surface area (Å²) in [5, 5.41) is 14.2. The van der Waals surface area contributed by atoms with E-state index in [0.29, 0.717) is 34.8 Å². The van der Waals surface area contributed by atoms with Gasteiger partial charge in [-0.15, -0.1) is 0 Å². The number of rotatable bonds is 10. The van der Waals surface area contributed by atoms with E-state index < -0.39 is 5.97 Å². The summed E-state index contributed by atoms with van der Waals surface area (Å²) in [6.45, 7) is 6.64. The average molecular weight is 704 g/mol. The molecule has 0 saturated heterocycles. The summed E-state index contributed by atoms with van der Waals surface area (Å²) in [4.78, 5) is 29.3. The quantitative estimate of drug-likeness (QED) is 0.143. The van der Waals surface area contributed by atoms with Gasteiger partial charge in [0, 0.05) is 10.4 Å². The Morgan fingerprint density at radius 2 is 1.90 bits per heavy atom. The second-order valence-corrected chi connectivity index (χ2v) is 10.9. The molecule has 4 aromatic rings. The highest BCUT2D eigenvalue weighted by Gasteiger charge is 2.17. The number of hydrogen-bond donors (Lipinski definition) is 1. The van der Waals surface area contributed by atoms with Crippen molar-refractivity contribution in [2.45, 2.75) is 39.7 Å². The van der Waals surface area contributed by atoms with Crippen molar-refractivity contribution in [3.63, 3.8) is 0 Å². The Morgan fingerprint density at radius 1 is 1.15 bits per heavy atom. The molecular formula is C29H27BrIN3O5. The van der Waals surface area contributed by atoms with E-state index >= 15 is 0 Å². The minimum absolute atomic E-state index is 0.0300. The van der Waals surface area contributed by atoms with Crippen LogP contribution in [0.25, 0.3) is 10.9 Å². The molecule has 0 fully saturated rings. The molecule has 0 aliphatic carbocycles. The molecule has 0 bridgehead atoms. The molecule has 1 N–H and O–H groups in total. The minimum atomic E-state index is -0.973. The first kappa shape index (κ1) is 28.8. The van der Waals surface area contributed by atoms with E-state index in [1.165, 1.54) is 4.68 Å². The number of benzene rings is 3. The largest absolute Gasteiger partial charge is 0.490 e. The molecule has 3 aromatic carbocycles. The van der Waals surface area contributed by atoms with Crippen LogP contribution < -0.4 is 15.0 Å². The lowest BCUT2D eigenvalue weighted by Crippen LogP contribution is -2.23. The number of ether oxygens (including phenoxy) is 2. The van der Waals surface area contributed by atoms with Crippen molar-refractivity contribution in [3.05, 3.63) is 95.5 Å². The second-order valence-electron chi connectivity index (χ2n) is 8.86. The lowest BCUT2D eigenvalue weighted by molar-refractivity contribution is 0.0697. The zero-order valence-electron chi connectivity index (χ0n) is 21.6. The van der Waals surface area contributed by atoms with Crippen LogP contribution in [0.15, 0.2) is 69.0 Å². The number of carbonyl (C=O) groups is 1. The van der Waals surface area contributed by atoms with Gasteiger partial charge in [0.25, 0.3) is 5.56 Å². The molecule has 0 unspecified atom stereocenters. The van der Waals surface area contributed by atoms with Crippen molar-refractivity contribution >= 4 is 61.6 Å². The van der Waals surface area contributed by atoms with Crippen LogP contribution in [0, 0.1) is 3.57 Å². The Balaban J connectivity index is 1.67. The van der Waals surface area contributed by atoms with Crippen LogP contribution in [0.3, 0.4) is 0 Å². The number of aromatic nitrogens is 2. The molecule has 0 radical (unpaired) electrons. The maximum atomic E-state index is 13.4. The Labute approximate surface area is 248 Å². The number of aromatic carboxylic acids is 1. The monoisotopic (exact) mass is 703 g/mol. The third kappa shape index (κ3) is 6.67. The Hall–Kier alpha value is -3.25. The first-order chi connectivity index (χ1) is 18.7. The fraction of sp³-hybridized carbons (Fsp3) is 0.241. The van der Waals surface area contributed by atoms with Crippen LogP contribution in [0.5, 0.6) is 11.5 Å². The standard InChI is InChI=1S/C29H27BrIN3O5/c1-4-17(3)27-33-24-11-10-21(30)14-22(24)28(35)34(27)32-15-19-12-23(31)26(25(13-19)38-5-2)39-16-18-6-8-20(9-7-18)29(36)37/h6-15,17H,4-5,16H2,1-3H3,(H,36,37)/t17-/m0/s1. The van der Waals surface area contributed by atoms with Crippen molar-refractivity contribution in [3.8, 4) is 11.5 Å². The molecule has 10 heteroatoms. The number of nitrogens with zero attached hydrogens (tertiary/aromatic N) is 3. The smallest absolute Gasteiger partial charge is 0.335 e. The summed E-state index contributed by atoms with van der Waals surface area (Å²) >= 11 is 5.61. The molecule has 0 saturated carbocycles. The SMILES string of the molecule is CCOc1cc(C=Nn2c([C@@H](C)CC)nc3ccc(Br)cc3c2=O)cc(I)c1OCc1ccc(C(=O)O)cc1. The second kappa shape index (κ2) is 12.7. The van der Waals surface area contributed by atoms with Crippen molar-refractivity contribution in [2.24, 2.45) is 5.10 Å². The Bertz CT molecular complexity index is 1600. The van der Waals surface area contributed by atoms with Gasteiger partial charge in [-0.1, -0.05) is 41.9 Å². The van der Waals surface area contributed by atoms with E-state index in [-0.39, 0.29) is 23.6 Å². The lowest BCUT2D eigenvalue weighted by Gasteiger charge is -2.15. The summed E-state index contributed by atoms with van der Waals surface area (Å²) in [6.07, 6.45) is 2.43. The topological polar surface area (TPSA) is 103 Å². The first-order valence-corrected chi connectivity index (χ1v) is 14.3. The average Bonchev–Trinajstić information content (AvgIpc) is 2.92. The molecule has 1 heterocycles. The summed E-state index contributed by atoms with van der Waals surface area (Å²) in [7, 11) is 0. The van der Waals surface area contributed by atoms with Gasteiger partial charge in [0.1, 0.15) is 12.4 Å². The normalized spacial score (nSPS) is 12.1. The first-order valence-electron chi connectivity index (χ1n) is 12.4. The lowest BCUT2D eigenvalue weighted by atomic mass is 10.1. The van der Waals surface area contributed by atoms with Crippen molar-refractivity contribution in [2.75, 3.05) is 6.61 Å². The minimum Gasteiger partial charge on any atom is -0.490 e. The van der Waals surface area contributed by atoms with Gasteiger partial charge in [0.2, 0.25) is 0 Å². The molecule has 202 valence electrons. The predicted octanol–water partition coefficient (Wildman–Crippen LogP) is 6.84. The maximum absolute atomic E-state index is 13.4. The zero-order valence-corrected chi connectivity index (χ0v) is 25.4. The summed E-state index contributed by atoms with van der Waals surface area (Å²) in [5.74, 6) is 0.776. The van der Waals surface area contributed by atoms with Gasteiger partial charge < -0.3 is 14.6 Å². The molecule has 0 amide bonds. The molecular weight excluding hydrogens is 677 g/mol. The van der Waals surface area contributed by atoms with E-state index in [0.717, 1.165) is 25.6 Å². The third-order valence-electron chi connectivity index (χ3n) is 6.12. The molecule has 0 aliphatic rings. The van der Waals surface area contributed by atoms with Gasteiger partial charge in [0.05, 0.1) is 32.9 Å². The van der Waals surface area contributed by atoms with E-state index in [2.05, 4.69) is 43.6 Å². The zero-order chi connectivity index (χ0) is 28.1. The van der Waals surface area contributed by atoms with Crippen LogP contribution >= 0.6 is 38.5 Å². The van der Waals surface area contributed by atoms with E-state index in [9.17, 15) is 9.59 Å². The number of carboxylic acid groups (broad SMARTS) is 1. The summed E-state index contributed by atoms with van der Waals surface area (Å²) < 4.78 is 14.9. The fourth-order valence-corrected chi connectivity index (χ4v) is 5.01. The highest BCUT2D eigenvalue weighted by molar-refractivity contribution is 14.1. The molecule has 39 heavy (non-hydrogen) atoms. The van der Waals surface area contributed by atoms with Crippen LogP contribution in [-0.4, -0.2) is 33.6 Å². The highest BCUT2D eigenvalue weighted by atomic mass is 127. The van der Waals surface area contributed by atoms with Crippen LogP contribution in [-0.2, 0) is 6.61 Å². The van der Waals surface area contributed by atoms with Crippen molar-refractivity contribution in [1.29, 1.82) is 0 Å². The summed E-state index contributed by atoms with van der Waals surface area (Å²) in [6, 6.07) is 15.7. The number of hydrogen-bond acceptors (Lipinski definition) is 6. The third-order valence-corrected chi connectivity index (χ3v) is 7.42. The van der Waals surface area contributed by atoms with E-state index in [4.69, 9.17) is 19.6 Å². The van der Waals surface area contributed by atoms with Gasteiger partial charge >= 0.3 is 5.97 Å². The van der Waals surface area contributed by atoms with Crippen LogP contribution in [0.2, 0.25) is 0 Å². The number of carboxylic acids is 1. The van der Waals surface area contributed by atoms with Crippen molar-refractivity contribution in [1.82, 2.24) is 9.66 Å². The summed E-state index contributed by atoms with van der Waals surface area (Å²) in [5.41, 5.74) is 2.18. The highest BCUT2D eigenvalue weighted by Crippen LogP contribution is 2.34. The van der Waals surface area contributed by atoms with E-state index in [1.807, 2.05) is 45.0 Å². The Kier molecular flexibility index (Phi) is 9.39. The molecule has 1 atom stereocenters. The molecule has 8 nitrogen and oxygen atoms in total. The number of fused-ring (bicyclic) bond motifs is 1. The van der Waals surface area contributed by atoms with E-state index in [1.54, 1.807) is 36.5 Å². The molecule has 1 aromatic heterocycles. The van der Waals surface area contributed by atoms with Gasteiger partial charge in [-0.25, -0.2) is 9.78 Å². The van der Waals surface area contributed by atoms with Gasteiger partial charge in [-0.3, -0.25) is 4.79 Å². The molecule has 4 rings (SSSR count). The molecule has 0 aliphatic heterocycles. The molecule has 0 spiro atoms. The van der Waals surface area contributed by atoms with Gasteiger partial charge in [-0.05, 0) is 89.5 Å². The van der Waals surface area contributed by atoms with Gasteiger partial charge in [-0.2, -0.15) is 9.78 Å². The predicted molar refractivity (Wildman–Crippen MR) is 163 cm³/mol. The van der Waals surface area contributed by atoms with Crippen molar-refractivity contribution < 1.29 is 19.4 Å². The van der Waals surface area contributed by atoms with Crippen LogP contribution in [0.1, 0.15) is 60.4 Å². The maximum Gasteiger partial charge on any atom is 0.335 e. The van der Waals surface area contributed by atoms with Gasteiger partial charge in [0.15, 0.2) is 11.5 Å². The Morgan fingerprint density at radius 3 is 2.56 bits per heavy atom. The fourth-order valence-electron chi connectivity index (χ4n) is 3.87. The number of halogens is 2.